The Labute approximate surface area is 211 Å². The highest BCUT2D eigenvalue weighted by Crippen LogP contribution is 2.43. The maximum Gasteiger partial charge on any atom is 0.417 e. The van der Waals surface area contributed by atoms with Gasteiger partial charge in [0.1, 0.15) is 18.3 Å². The van der Waals surface area contributed by atoms with Gasteiger partial charge in [-0.25, -0.2) is 14.8 Å². The number of anilines is 2. The van der Waals surface area contributed by atoms with Crippen molar-refractivity contribution in [3.05, 3.63) is 58.6 Å². The molecule has 0 aromatic heterocycles. The van der Waals surface area contributed by atoms with Gasteiger partial charge in [-0.1, -0.05) is 23.7 Å². The third kappa shape index (κ3) is 5.04. The standard InChI is InChI=1S/C24H26ClF3N4O4/c1-23(2)35-19-18-12-31(3)32(21(34-18)20(19)36-23)11-13-4-6-14(7-5-13)29-22(33)30-15-8-9-17(25)16(10-15)24(26,27)28/h4-10,18-21H,11-12H2,1-3H3,(H2,29,30,33)/t18-,19-,20-,21-/m1/s1. The lowest BCUT2D eigenvalue weighted by molar-refractivity contribution is -0.267. The molecule has 3 saturated heterocycles. The van der Waals surface area contributed by atoms with Crippen molar-refractivity contribution in [3.63, 3.8) is 0 Å². The van der Waals surface area contributed by atoms with Crippen LogP contribution in [0.15, 0.2) is 42.5 Å². The number of nitrogens with zero attached hydrogens (tertiary/aromatic N) is 2. The van der Waals surface area contributed by atoms with Crippen molar-refractivity contribution < 1.29 is 32.2 Å². The zero-order valence-corrected chi connectivity index (χ0v) is 20.6. The molecule has 8 nitrogen and oxygen atoms in total. The minimum absolute atomic E-state index is 0.0246. The van der Waals surface area contributed by atoms with Gasteiger partial charge in [-0.3, -0.25) is 0 Å². The van der Waals surface area contributed by atoms with Crippen molar-refractivity contribution in [2.75, 3.05) is 24.2 Å². The number of hydrogen-bond acceptors (Lipinski definition) is 6. The van der Waals surface area contributed by atoms with Crippen molar-refractivity contribution in [1.82, 2.24) is 10.0 Å². The van der Waals surface area contributed by atoms with E-state index in [-0.39, 0.29) is 30.2 Å². The summed E-state index contributed by atoms with van der Waals surface area (Å²) in [7, 11) is 2.00. The van der Waals surface area contributed by atoms with Crippen molar-refractivity contribution in [1.29, 1.82) is 0 Å². The summed E-state index contributed by atoms with van der Waals surface area (Å²) in [5, 5.41) is 8.78. The van der Waals surface area contributed by atoms with Crippen LogP contribution in [0.3, 0.4) is 0 Å². The van der Waals surface area contributed by atoms with E-state index in [0.717, 1.165) is 17.7 Å². The topological polar surface area (TPSA) is 75.3 Å². The molecule has 3 heterocycles. The molecule has 2 aromatic rings. The molecule has 2 N–H and O–H groups in total. The molecule has 0 spiro atoms. The molecule has 3 fully saturated rings. The van der Waals surface area contributed by atoms with E-state index >= 15 is 0 Å². The summed E-state index contributed by atoms with van der Waals surface area (Å²) in [6, 6.07) is 9.68. The van der Waals surface area contributed by atoms with Crippen molar-refractivity contribution in [2.24, 2.45) is 0 Å². The van der Waals surface area contributed by atoms with Gasteiger partial charge in [-0.2, -0.15) is 13.2 Å². The van der Waals surface area contributed by atoms with Crippen LogP contribution in [0.4, 0.5) is 29.3 Å². The van der Waals surface area contributed by atoms with Crippen LogP contribution in [-0.2, 0) is 26.9 Å². The normalized spacial score (nSPS) is 27.6. The number of benzene rings is 2. The van der Waals surface area contributed by atoms with Crippen molar-refractivity contribution >= 4 is 29.0 Å². The molecule has 5 rings (SSSR count). The molecular formula is C24H26ClF3N4O4. The Morgan fingerprint density at radius 3 is 2.42 bits per heavy atom. The lowest BCUT2D eigenvalue weighted by Crippen LogP contribution is -2.55. The number of ether oxygens (including phenoxy) is 3. The van der Waals surface area contributed by atoms with Gasteiger partial charge < -0.3 is 24.8 Å². The molecule has 194 valence electrons. The number of carbonyl (C=O) groups excluding carboxylic acids is 1. The number of rotatable bonds is 4. The lowest BCUT2D eigenvalue weighted by Gasteiger charge is -2.42. The maximum absolute atomic E-state index is 13.1. The fraction of sp³-hybridized carbons (Fsp3) is 0.458. The number of alkyl halides is 3. The zero-order chi connectivity index (χ0) is 25.8. The van der Waals surface area contributed by atoms with E-state index in [9.17, 15) is 18.0 Å². The third-order valence-corrected chi connectivity index (χ3v) is 6.72. The van der Waals surface area contributed by atoms with Gasteiger partial charge in [-0.15, -0.1) is 0 Å². The molecule has 0 aliphatic carbocycles. The molecule has 2 bridgehead atoms. The number of amides is 2. The highest BCUT2D eigenvalue weighted by molar-refractivity contribution is 6.31. The second-order valence-corrected chi connectivity index (χ2v) is 9.94. The first kappa shape index (κ1) is 25.2. The first-order chi connectivity index (χ1) is 16.9. The number of hydrogen-bond donors (Lipinski definition) is 2. The van der Waals surface area contributed by atoms with Gasteiger partial charge in [0.25, 0.3) is 0 Å². The zero-order valence-electron chi connectivity index (χ0n) is 19.8. The fourth-order valence-electron chi connectivity index (χ4n) is 4.81. The van der Waals surface area contributed by atoms with E-state index in [4.69, 9.17) is 25.8 Å². The molecule has 2 amide bonds. The first-order valence-electron chi connectivity index (χ1n) is 11.4. The number of likely N-dealkylation sites (N-methyl/N-ethyl adjacent to an activating group) is 1. The second kappa shape index (κ2) is 9.16. The fourth-order valence-corrected chi connectivity index (χ4v) is 5.04. The Kier molecular flexibility index (Phi) is 6.42. The minimum Gasteiger partial charge on any atom is -0.352 e. The summed E-state index contributed by atoms with van der Waals surface area (Å²) in [5.41, 5.74) is 0.420. The highest BCUT2D eigenvalue weighted by atomic mass is 35.5. The number of urea groups is 1. The first-order valence-corrected chi connectivity index (χ1v) is 11.8. The largest absolute Gasteiger partial charge is 0.417 e. The molecule has 0 unspecified atom stereocenters. The molecule has 3 aliphatic rings. The van der Waals surface area contributed by atoms with Crippen molar-refractivity contribution in [2.45, 2.75) is 56.9 Å². The summed E-state index contributed by atoms with van der Waals surface area (Å²) in [6.07, 6.45) is -5.26. The van der Waals surface area contributed by atoms with Gasteiger partial charge in [0.15, 0.2) is 12.0 Å². The van der Waals surface area contributed by atoms with E-state index in [0.29, 0.717) is 18.8 Å². The second-order valence-electron chi connectivity index (χ2n) is 9.54. The maximum atomic E-state index is 13.1. The number of carbonyl (C=O) groups is 1. The Morgan fingerprint density at radius 2 is 1.72 bits per heavy atom. The van der Waals surface area contributed by atoms with Crippen molar-refractivity contribution in [3.8, 4) is 0 Å². The average molecular weight is 527 g/mol. The van der Waals surface area contributed by atoms with Gasteiger partial charge in [0.05, 0.1) is 10.6 Å². The molecular weight excluding hydrogens is 501 g/mol. The smallest absolute Gasteiger partial charge is 0.352 e. The summed E-state index contributed by atoms with van der Waals surface area (Å²) in [4.78, 5) is 12.3. The number of hydrazine groups is 1. The Balaban J connectivity index is 1.21. The van der Waals surface area contributed by atoms with Crippen LogP contribution in [0.1, 0.15) is 25.0 Å². The molecule has 0 radical (unpaired) electrons. The molecule has 2 aromatic carbocycles. The van der Waals surface area contributed by atoms with E-state index in [2.05, 4.69) is 20.7 Å². The average Bonchev–Trinajstić information content (AvgIpc) is 3.24. The summed E-state index contributed by atoms with van der Waals surface area (Å²) >= 11 is 5.62. The molecule has 4 atom stereocenters. The van der Waals surface area contributed by atoms with E-state index in [1.165, 1.54) is 6.07 Å². The van der Waals surface area contributed by atoms with Crippen LogP contribution in [0.25, 0.3) is 0 Å². The van der Waals surface area contributed by atoms with Crippen LogP contribution in [-0.4, -0.2) is 60.0 Å². The quantitative estimate of drug-likeness (QED) is 0.590. The predicted octanol–water partition coefficient (Wildman–Crippen LogP) is 4.91. The van der Waals surface area contributed by atoms with E-state index < -0.39 is 28.6 Å². The Hall–Kier alpha value is -2.41. The van der Waals surface area contributed by atoms with Gasteiger partial charge >= 0.3 is 12.2 Å². The van der Waals surface area contributed by atoms with E-state index in [1.54, 1.807) is 12.1 Å². The third-order valence-electron chi connectivity index (χ3n) is 6.39. The van der Waals surface area contributed by atoms with Gasteiger partial charge in [0.2, 0.25) is 0 Å². The van der Waals surface area contributed by atoms with Crippen LogP contribution >= 0.6 is 11.6 Å². The van der Waals surface area contributed by atoms with Crippen LogP contribution < -0.4 is 10.6 Å². The van der Waals surface area contributed by atoms with Gasteiger partial charge in [0, 0.05) is 31.5 Å². The lowest BCUT2D eigenvalue weighted by atomic mass is 10.1. The minimum atomic E-state index is -4.62. The van der Waals surface area contributed by atoms with Gasteiger partial charge in [-0.05, 0) is 49.7 Å². The van der Waals surface area contributed by atoms with Crippen LogP contribution in [0.2, 0.25) is 5.02 Å². The Morgan fingerprint density at radius 1 is 1.08 bits per heavy atom. The highest BCUT2D eigenvalue weighted by Gasteiger charge is 2.59. The molecule has 3 aliphatic heterocycles. The molecule has 36 heavy (non-hydrogen) atoms. The summed E-state index contributed by atoms with van der Waals surface area (Å²) in [6.45, 7) is 5.04. The number of nitrogens with one attached hydrogen (secondary N) is 2. The number of fused-ring (bicyclic) bond motifs is 5. The van der Waals surface area contributed by atoms with E-state index in [1.807, 2.05) is 33.0 Å². The summed E-state index contributed by atoms with van der Waals surface area (Å²) in [5.74, 6) is -0.647. The summed E-state index contributed by atoms with van der Waals surface area (Å²) < 4.78 is 57.5. The molecule has 0 saturated carbocycles. The molecule has 12 heteroatoms. The van der Waals surface area contributed by atoms with Crippen LogP contribution in [0, 0.1) is 0 Å². The monoisotopic (exact) mass is 526 g/mol. The SMILES string of the molecule is CN1C[C@H]2O[C@H]([C@@H]3OC(C)(C)O[C@@H]32)N1Cc1ccc(NC(=O)Nc2ccc(Cl)c(C(F)(F)F)c2)cc1. The Bertz CT molecular complexity index is 1150. The predicted molar refractivity (Wildman–Crippen MR) is 126 cm³/mol. The number of halogens is 4. The van der Waals surface area contributed by atoms with Crippen LogP contribution in [0.5, 0.6) is 0 Å².